The summed E-state index contributed by atoms with van der Waals surface area (Å²) in [6.07, 6.45) is 4.81. The topological polar surface area (TPSA) is 75.3 Å². The molecule has 0 spiro atoms. The summed E-state index contributed by atoms with van der Waals surface area (Å²) in [5, 5.41) is 8.81. The second-order valence-corrected chi connectivity index (χ2v) is 2.91. The van der Waals surface area contributed by atoms with Gasteiger partial charge in [-0.25, -0.2) is 19.9 Å². The highest BCUT2D eigenvalue weighted by atomic mass is 15.0. The molecule has 0 atom stereocenters. The van der Waals surface area contributed by atoms with Crippen molar-refractivity contribution in [3.8, 4) is 17.7 Å². The van der Waals surface area contributed by atoms with E-state index >= 15 is 0 Å². The van der Waals surface area contributed by atoms with Gasteiger partial charge in [0.1, 0.15) is 11.8 Å². The minimum Gasteiger partial charge on any atom is -0.234 e. The van der Waals surface area contributed by atoms with Gasteiger partial charge < -0.3 is 0 Å². The van der Waals surface area contributed by atoms with Gasteiger partial charge in [-0.3, -0.25) is 0 Å². The molecule has 2 rings (SSSR count). The molecule has 5 nitrogen and oxygen atoms in total. The van der Waals surface area contributed by atoms with Crippen LogP contribution in [0.1, 0.15) is 11.3 Å². The lowest BCUT2D eigenvalue weighted by Gasteiger charge is -1.99. The Kier molecular flexibility index (Phi) is 2.33. The van der Waals surface area contributed by atoms with Crippen molar-refractivity contribution in [2.75, 3.05) is 0 Å². The Morgan fingerprint density at radius 3 is 2.53 bits per heavy atom. The molecule has 0 aromatic carbocycles. The lowest BCUT2D eigenvalue weighted by atomic mass is 10.3. The van der Waals surface area contributed by atoms with Crippen LogP contribution in [0.25, 0.3) is 11.6 Å². The third-order valence-electron chi connectivity index (χ3n) is 1.84. The first-order valence-corrected chi connectivity index (χ1v) is 4.32. The van der Waals surface area contributed by atoms with E-state index in [0.717, 1.165) is 5.56 Å². The average molecular weight is 197 g/mol. The molecule has 2 aromatic rings. The minimum atomic E-state index is 0.354. The Balaban J connectivity index is 2.52. The second-order valence-electron chi connectivity index (χ2n) is 2.91. The van der Waals surface area contributed by atoms with Crippen LogP contribution in [0.4, 0.5) is 0 Å². The molecule has 0 aliphatic heterocycles. The molecule has 0 unspecified atom stereocenters. The first kappa shape index (κ1) is 9.21. The van der Waals surface area contributed by atoms with Crippen molar-refractivity contribution in [2.45, 2.75) is 6.92 Å². The van der Waals surface area contributed by atoms with E-state index < -0.39 is 0 Å². The quantitative estimate of drug-likeness (QED) is 0.684. The third-order valence-corrected chi connectivity index (χ3v) is 1.84. The van der Waals surface area contributed by atoms with Gasteiger partial charge in [-0.15, -0.1) is 0 Å². The van der Waals surface area contributed by atoms with Crippen molar-refractivity contribution in [2.24, 2.45) is 0 Å². The molecule has 0 aliphatic rings. The van der Waals surface area contributed by atoms with Gasteiger partial charge in [-0.1, -0.05) is 0 Å². The van der Waals surface area contributed by atoms with E-state index in [1.165, 1.54) is 0 Å². The number of rotatable bonds is 1. The molecule has 0 bridgehead atoms. The zero-order valence-corrected chi connectivity index (χ0v) is 8.05. The molecule has 2 aromatic heterocycles. The molecule has 0 radical (unpaired) electrons. The van der Waals surface area contributed by atoms with Crippen LogP contribution in [0.15, 0.2) is 24.7 Å². The molecule has 5 heteroatoms. The first-order valence-electron chi connectivity index (χ1n) is 4.32. The van der Waals surface area contributed by atoms with Crippen LogP contribution in [0, 0.1) is 18.3 Å². The van der Waals surface area contributed by atoms with Gasteiger partial charge in [0.2, 0.25) is 0 Å². The summed E-state index contributed by atoms with van der Waals surface area (Å²) >= 11 is 0. The normalized spacial score (nSPS) is 9.60. The van der Waals surface area contributed by atoms with E-state index in [2.05, 4.69) is 19.9 Å². The molecule has 72 valence electrons. The zero-order valence-electron chi connectivity index (χ0n) is 8.05. The molecule has 0 fully saturated rings. The van der Waals surface area contributed by atoms with Crippen LogP contribution in [0.5, 0.6) is 0 Å². The number of hydrogen-bond acceptors (Lipinski definition) is 5. The molecule has 0 N–H and O–H groups in total. The maximum absolute atomic E-state index is 8.81. The Morgan fingerprint density at radius 2 is 1.87 bits per heavy atom. The molecule has 0 aliphatic carbocycles. The van der Waals surface area contributed by atoms with Gasteiger partial charge in [0.25, 0.3) is 0 Å². The summed E-state index contributed by atoms with van der Waals surface area (Å²) in [4.78, 5) is 16.2. The van der Waals surface area contributed by atoms with Crippen LogP contribution in [0.3, 0.4) is 0 Å². The average Bonchev–Trinajstić information content (AvgIpc) is 2.31. The predicted molar refractivity (Wildman–Crippen MR) is 52.5 cm³/mol. The van der Waals surface area contributed by atoms with Crippen LogP contribution >= 0.6 is 0 Å². The maximum Gasteiger partial charge on any atom is 0.198 e. The molecular weight excluding hydrogens is 190 g/mol. The van der Waals surface area contributed by atoms with Crippen molar-refractivity contribution in [3.05, 3.63) is 35.9 Å². The van der Waals surface area contributed by atoms with Gasteiger partial charge in [-0.05, 0) is 13.0 Å². The van der Waals surface area contributed by atoms with E-state index in [4.69, 9.17) is 5.26 Å². The van der Waals surface area contributed by atoms with Gasteiger partial charge in [0, 0.05) is 24.2 Å². The molecule has 15 heavy (non-hydrogen) atoms. The van der Waals surface area contributed by atoms with Gasteiger partial charge in [0.05, 0.1) is 0 Å². The van der Waals surface area contributed by atoms with Crippen LogP contribution < -0.4 is 0 Å². The van der Waals surface area contributed by atoms with Gasteiger partial charge >= 0.3 is 0 Å². The van der Waals surface area contributed by atoms with Crippen molar-refractivity contribution >= 4 is 0 Å². The molecule has 0 amide bonds. The summed E-state index contributed by atoms with van der Waals surface area (Å²) in [6, 6.07) is 3.71. The molecule has 0 saturated carbocycles. The number of nitriles is 1. The highest BCUT2D eigenvalue weighted by Gasteiger charge is 2.06. The van der Waals surface area contributed by atoms with Gasteiger partial charge in [0.15, 0.2) is 11.6 Å². The summed E-state index contributed by atoms with van der Waals surface area (Å²) in [5.41, 5.74) is 1.10. The Hall–Kier alpha value is -2.35. The summed E-state index contributed by atoms with van der Waals surface area (Å²) in [7, 11) is 0. The molecule has 2 heterocycles. The second kappa shape index (κ2) is 3.80. The lowest BCUT2D eigenvalue weighted by Crippen LogP contribution is -1.98. The van der Waals surface area contributed by atoms with Crippen LogP contribution in [-0.2, 0) is 0 Å². The summed E-state index contributed by atoms with van der Waals surface area (Å²) < 4.78 is 0. The lowest BCUT2D eigenvalue weighted by molar-refractivity contribution is 1.05. The maximum atomic E-state index is 8.81. The fourth-order valence-corrected chi connectivity index (χ4v) is 1.08. The van der Waals surface area contributed by atoms with E-state index in [1.54, 1.807) is 31.6 Å². The van der Waals surface area contributed by atoms with Crippen molar-refractivity contribution in [3.63, 3.8) is 0 Å². The highest BCUT2D eigenvalue weighted by Crippen LogP contribution is 2.09. The zero-order chi connectivity index (χ0) is 10.7. The van der Waals surface area contributed by atoms with E-state index in [-0.39, 0.29) is 0 Å². The van der Waals surface area contributed by atoms with E-state index in [1.807, 2.05) is 6.07 Å². The van der Waals surface area contributed by atoms with Crippen molar-refractivity contribution in [1.82, 2.24) is 19.9 Å². The number of aromatic nitrogens is 4. The smallest absolute Gasteiger partial charge is 0.198 e. The fraction of sp³-hybridized carbons (Fsp3) is 0.100. The van der Waals surface area contributed by atoms with Crippen LogP contribution in [-0.4, -0.2) is 19.9 Å². The Morgan fingerprint density at radius 1 is 1.13 bits per heavy atom. The van der Waals surface area contributed by atoms with E-state index in [9.17, 15) is 0 Å². The molecular formula is C10H7N5. The Bertz CT molecular complexity index is 515. The third kappa shape index (κ3) is 1.79. The molecule has 0 saturated heterocycles. The van der Waals surface area contributed by atoms with Gasteiger partial charge in [-0.2, -0.15) is 5.26 Å². The summed E-state index contributed by atoms with van der Waals surface area (Å²) in [6.45, 7) is 1.79. The monoisotopic (exact) mass is 197 g/mol. The van der Waals surface area contributed by atoms with Crippen molar-refractivity contribution in [1.29, 1.82) is 5.26 Å². The number of nitrogens with zero attached hydrogens (tertiary/aromatic N) is 5. The van der Waals surface area contributed by atoms with Crippen LogP contribution in [0.2, 0.25) is 0 Å². The predicted octanol–water partition coefficient (Wildman–Crippen LogP) is 1.11. The van der Waals surface area contributed by atoms with E-state index in [0.29, 0.717) is 17.3 Å². The number of aryl methyl sites for hydroxylation is 1. The largest absolute Gasteiger partial charge is 0.234 e. The number of hydrogen-bond donors (Lipinski definition) is 0. The fourth-order valence-electron chi connectivity index (χ4n) is 1.08. The minimum absolute atomic E-state index is 0.354. The van der Waals surface area contributed by atoms with Crippen molar-refractivity contribution < 1.29 is 0 Å². The highest BCUT2D eigenvalue weighted by molar-refractivity contribution is 5.44. The summed E-state index contributed by atoms with van der Waals surface area (Å²) in [5.74, 6) is 0.798. The standard InChI is InChI=1S/C10H7N5/c1-7-6-14-10(15-8(7)5-11)9-12-3-2-4-13-9/h2-4,6H,1H3. The SMILES string of the molecule is Cc1cnc(-c2ncccn2)nc1C#N. The Labute approximate surface area is 86.5 Å². The first-order chi connectivity index (χ1) is 7.31.